The molecule has 21 heavy (non-hydrogen) atoms. The van der Waals surface area contributed by atoms with Crippen LogP contribution in [0.2, 0.25) is 0 Å². The molecule has 0 amide bonds. The molecular formula is C18H23N3. The minimum Gasteiger partial charge on any atom is -0.397 e. The second-order valence-electron chi connectivity index (χ2n) is 6.90. The van der Waals surface area contributed by atoms with E-state index in [1.54, 1.807) is 0 Å². The molecule has 0 saturated heterocycles. The number of hydrogen-bond donors (Lipinski definition) is 2. The van der Waals surface area contributed by atoms with E-state index < -0.39 is 0 Å². The number of benzene rings is 1. The molecule has 1 aromatic carbocycles. The van der Waals surface area contributed by atoms with Crippen LogP contribution in [0.25, 0.3) is 10.8 Å². The van der Waals surface area contributed by atoms with Gasteiger partial charge in [0.2, 0.25) is 0 Å². The molecule has 4 unspecified atom stereocenters. The van der Waals surface area contributed by atoms with Crippen molar-refractivity contribution in [2.75, 3.05) is 11.1 Å². The van der Waals surface area contributed by atoms with E-state index in [9.17, 15) is 0 Å². The molecule has 2 bridgehead atoms. The number of pyridine rings is 1. The summed E-state index contributed by atoms with van der Waals surface area (Å²) in [5, 5.41) is 5.88. The minimum atomic E-state index is 0.502. The van der Waals surface area contributed by atoms with Crippen molar-refractivity contribution >= 4 is 22.1 Å². The molecule has 3 heteroatoms. The number of nitrogens with one attached hydrogen (secondary N) is 1. The quantitative estimate of drug-likeness (QED) is 0.834. The van der Waals surface area contributed by atoms with Gasteiger partial charge >= 0.3 is 0 Å². The van der Waals surface area contributed by atoms with Gasteiger partial charge in [-0.1, -0.05) is 12.5 Å². The lowest BCUT2D eigenvalue weighted by atomic mass is 9.84. The molecule has 3 N–H and O–H groups in total. The van der Waals surface area contributed by atoms with Crippen molar-refractivity contribution in [3.05, 3.63) is 30.6 Å². The molecule has 1 heterocycles. The van der Waals surface area contributed by atoms with Gasteiger partial charge in [0, 0.05) is 29.2 Å². The molecule has 3 nitrogen and oxygen atoms in total. The Balaban J connectivity index is 1.58. The van der Waals surface area contributed by atoms with Gasteiger partial charge in [0.15, 0.2) is 0 Å². The van der Waals surface area contributed by atoms with Crippen LogP contribution >= 0.6 is 0 Å². The maximum atomic E-state index is 6.35. The van der Waals surface area contributed by atoms with Gasteiger partial charge in [-0.25, -0.2) is 0 Å². The molecule has 0 spiro atoms. The van der Waals surface area contributed by atoms with Gasteiger partial charge in [0.1, 0.15) is 0 Å². The van der Waals surface area contributed by atoms with Crippen LogP contribution in [0, 0.1) is 17.8 Å². The van der Waals surface area contributed by atoms with E-state index in [0.29, 0.717) is 6.04 Å². The van der Waals surface area contributed by atoms with Crippen molar-refractivity contribution in [2.45, 2.75) is 38.6 Å². The average Bonchev–Trinajstić information content (AvgIpc) is 3.13. The molecule has 2 aromatic rings. The Morgan fingerprint density at radius 2 is 2.14 bits per heavy atom. The summed E-state index contributed by atoms with van der Waals surface area (Å²) >= 11 is 0. The van der Waals surface area contributed by atoms with E-state index in [1.165, 1.54) is 25.7 Å². The summed E-state index contributed by atoms with van der Waals surface area (Å²) in [6.07, 6.45) is 9.42. The van der Waals surface area contributed by atoms with Gasteiger partial charge in [-0.15, -0.1) is 0 Å². The van der Waals surface area contributed by atoms with E-state index in [4.69, 9.17) is 5.73 Å². The fourth-order valence-corrected chi connectivity index (χ4v) is 4.58. The highest BCUT2D eigenvalue weighted by Gasteiger charge is 2.41. The summed E-state index contributed by atoms with van der Waals surface area (Å²) in [4.78, 5) is 4.16. The highest BCUT2D eigenvalue weighted by atomic mass is 14.9. The maximum absolute atomic E-state index is 6.35. The van der Waals surface area contributed by atoms with Crippen LogP contribution in [-0.4, -0.2) is 11.0 Å². The zero-order valence-corrected chi connectivity index (χ0v) is 12.5. The molecule has 4 rings (SSSR count). The summed E-state index contributed by atoms with van der Waals surface area (Å²) in [5.41, 5.74) is 8.28. The number of nitrogens with two attached hydrogens (primary N) is 1. The number of hydrogen-bond acceptors (Lipinski definition) is 3. The van der Waals surface area contributed by atoms with E-state index in [0.717, 1.165) is 39.9 Å². The second kappa shape index (κ2) is 4.90. The predicted molar refractivity (Wildman–Crippen MR) is 88.2 cm³/mol. The Bertz CT molecular complexity index is 667. The van der Waals surface area contributed by atoms with Gasteiger partial charge < -0.3 is 11.1 Å². The Morgan fingerprint density at radius 1 is 1.24 bits per heavy atom. The third-order valence-electron chi connectivity index (χ3n) is 5.68. The van der Waals surface area contributed by atoms with Crippen molar-refractivity contribution in [1.29, 1.82) is 0 Å². The Kier molecular flexibility index (Phi) is 3.02. The van der Waals surface area contributed by atoms with Crippen molar-refractivity contribution in [3.63, 3.8) is 0 Å². The molecular weight excluding hydrogens is 258 g/mol. The lowest BCUT2D eigenvalue weighted by Crippen LogP contribution is -2.30. The lowest BCUT2D eigenvalue weighted by Gasteiger charge is -2.29. The van der Waals surface area contributed by atoms with Gasteiger partial charge in [-0.05, 0) is 56.1 Å². The molecule has 1 aromatic heterocycles. The third-order valence-corrected chi connectivity index (χ3v) is 5.68. The van der Waals surface area contributed by atoms with Crippen LogP contribution < -0.4 is 11.1 Å². The highest BCUT2D eigenvalue weighted by molar-refractivity contribution is 5.98. The summed E-state index contributed by atoms with van der Waals surface area (Å²) in [7, 11) is 0. The zero-order valence-electron chi connectivity index (χ0n) is 12.5. The van der Waals surface area contributed by atoms with E-state index in [2.05, 4.69) is 29.4 Å². The first kappa shape index (κ1) is 12.9. The second-order valence-corrected chi connectivity index (χ2v) is 6.90. The minimum absolute atomic E-state index is 0.502. The number of fused-ring (bicyclic) bond motifs is 3. The first-order valence-corrected chi connectivity index (χ1v) is 8.11. The molecule has 0 radical (unpaired) electrons. The largest absolute Gasteiger partial charge is 0.397 e. The SMILES string of the molecule is CC(Nc1ccc2cnccc2c1N)C1CC2CCC1C2. The van der Waals surface area contributed by atoms with Crippen molar-refractivity contribution in [3.8, 4) is 0 Å². The van der Waals surface area contributed by atoms with Crippen LogP contribution in [0.3, 0.4) is 0 Å². The van der Waals surface area contributed by atoms with Crippen LogP contribution in [0.5, 0.6) is 0 Å². The summed E-state index contributed by atoms with van der Waals surface area (Å²) in [6, 6.07) is 6.71. The van der Waals surface area contributed by atoms with E-state index >= 15 is 0 Å². The Hall–Kier alpha value is -1.77. The third kappa shape index (κ3) is 2.15. The maximum Gasteiger partial charge on any atom is 0.0630 e. The number of anilines is 2. The van der Waals surface area contributed by atoms with Crippen LogP contribution in [0.15, 0.2) is 30.6 Å². The monoisotopic (exact) mass is 281 g/mol. The van der Waals surface area contributed by atoms with Crippen LogP contribution in [0.4, 0.5) is 11.4 Å². The molecule has 4 atom stereocenters. The lowest BCUT2D eigenvalue weighted by molar-refractivity contribution is 0.304. The van der Waals surface area contributed by atoms with Crippen molar-refractivity contribution in [1.82, 2.24) is 4.98 Å². The van der Waals surface area contributed by atoms with Crippen molar-refractivity contribution in [2.24, 2.45) is 17.8 Å². The number of nitrogen functional groups attached to an aromatic ring is 1. The molecule has 2 aliphatic carbocycles. The fraction of sp³-hybridized carbons (Fsp3) is 0.500. The van der Waals surface area contributed by atoms with Crippen LogP contribution in [-0.2, 0) is 0 Å². The standard InChI is InChI=1S/C18H23N3/c1-11(16-9-12-2-3-13(16)8-12)21-17-5-4-14-10-20-7-6-15(14)18(17)19/h4-7,10-13,16,21H,2-3,8-9,19H2,1H3. The van der Waals surface area contributed by atoms with Gasteiger partial charge in [-0.3, -0.25) is 4.98 Å². The number of nitrogens with zero attached hydrogens (tertiary/aromatic N) is 1. The average molecular weight is 281 g/mol. The van der Waals surface area contributed by atoms with Gasteiger partial charge in [0.05, 0.1) is 11.4 Å². The van der Waals surface area contributed by atoms with Crippen molar-refractivity contribution < 1.29 is 0 Å². The Morgan fingerprint density at radius 3 is 2.90 bits per heavy atom. The molecule has 2 aliphatic rings. The number of rotatable bonds is 3. The molecule has 110 valence electrons. The topological polar surface area (TPSA) is 50.9 Å². The van der Waals surface area contributed by atoms with E-state index in [1.807, 2.05) is 18.5 Å². The first-order chi connectivity index (χ1) is 10.2. The normalized spacial score (nSPS) is 28.9. The summed E-state index contributed by atoms with van der Waals surface area (Å²) in [6.45, 7) is 2.32. The zero-order chi connectivity index (χ0) is 14.4. The highest BCUT2D eigenvalue weighted by Crippen LogP contribution is 2.50. The summed E-state index contributed by atoms with van der Waals surface area (Å²) in [5.74, 6) is 2.74. The fourth-order valence-electron chi connectivity index (χ4n) is 4.58. The first-order valence-electron chi connectivity index (χ1n) is 8.11. The number of aromatic nitrogens is 1. The van der Waals surface area contributed by atoms with E-state index in [-0.39, 0.29) is 0 Å². The van der Waals surface area contributed by atoms with Gasteiger partial charge in [0.25, 0.3) is 0 Å². The smallest absolute Gasteiger partial charge is 0.0630 e. The predicted octanol–water partition coefficient (Wildman–Crippen LogP) is 4.05. The van der Waals surface area contributed by atoms with Gasteiger partial charge in [-0.2, -0.15) is 0 Å². The summed E-state index contributed by atoms with van der Waals surface area (Å²) < 4.78 is 0. The molecule has 2 saturated carbocycles. The molecule has 0 aliphatic heterocycles. The molecule has 2 fully saturated rings. The van der Waals surface area contributed by atoms with Crippen LogP contribution in [0.1, 0.15) is 32.6 Å². The Labute approximate surface area is 125 Å².